The van der Waals surface area contributed by atoms with E-state index in [0.29, 0.717) is 36.5 Å². The molecule has 3 fully saturated rings. The average Bonchev–Trinajstić information content (AvgIpc) is 3.87. The zero-order chi connectivity index (χ0) is 52.3. The van der Waals surface area contributed by atoms with Crippen LogP contribution in [-0.4, -0.2) is 112 Å². The number of rotatable bonds is 15. The van der Waals surface area contributed by atoms with Crippen LogP contribution in [-0.2, 0) is 40.4 Å². The van der Waals surface area contributed by atoms with Gasteiger partial charge in [0.2, 0.25) is 5.60 Å². The molecular formula is C51H69BrF3N3O11S. The summed E-state index contributed by atoms with van der Waals surface area (Å²) in [5.41, 5.74) is -5.86. The second-order valence-electron chi connectivity index (χ2n) is 19.9. The highest BCUT2D eigenvalue weighted by molar-refractivity contribution is 9.09. The summed E-state index contributed by atoms with van der Waals surface area (Å²) in [6, 6.07) is 9.89. The number of cyclic esters (lactones) is 1. The number of hydrogen-bond donors (Lipinski definition) is 2. The number of para-hydroxylation sites is 1. The maximum Gasteiger partial charge on any atom is 0.418 e. The molecule has 2 aromatic heterocycles. The highest BCUT2D eigenvalue weighted by Crippen LogP contribution is 2.43. The molecule has 0 radical (unpaired) electrons. The van der Waals surface area contributed by atoms with Crippen molar-refractivity contribution in [3.63, 3.8) is 0 Å². The third-order valence-corrected chi connectivity index (χ3v) is 14.4. The Morgan fingerprint density at radius 3 is 2.17 bits per heavy atom. The normalized spacial score (nSPS) is 19.9. The number of piperidine rings is 2. The minimum absolute atomic E-state index is 0.0579. The molecular weight excluding hydrogens is 1000 g/mol. The molecule has 2 amide bonds. The fourth-order valence-electron chi connectivity index (χ4n) is 8.46. The van der Waals surface area contributed by atoms with Crippen molar-refractivity contribution in [3.05, 3.63) is 75.7 Å². The predicted octanol–water partition coefficient (Wildman–Crippen LogP) is 10.0. The second kappa shape index (κ2) is 24.1. The minimum atomic E-state index is -4.81. The molecule has 0 aliphatic carbocycles. The van der Waals surface area contributed by atoms with E-state index < -0.39 is 57.9 Å². The standard InChI is InChI=1S/C38H46F3N3O7S.C7H13BrO2.C6H10O2/c1-5-10-30-37(51-26-23-25(2)52-24-26,14-9-19-44(30)32(45)31-28(38(39,40)41)12-8-18-42-31)33(46)43-20-15-36(49,16-21-43)27-11-6-7-13-29(27)50-22-17-35(3,4)34(47)48;1-7(2,4-5-8)6(9)10-3;1-6(2)3-4-8-5(6)7/h6-8,11-13,18,23-24,30,49H,5,9-10,14-17,19-22H2,1-4H3,(H,47,48);4-5H2,1-3H3;3-4H2,1-2H3/t30-,37+;;/m1../s1. The lowest BCUT2D eigenvalue weighted by atomic mass is 9.78. The van der Waals surface area contributed by atoms with Gasteiger partial charge in [0.25, 0.3) is 11.8 Å². The largest absolute Gasteiger partial charge is 0.493 e. The van der Waals surface area contributed by atoms with Crippen LogP contribution in [0.1, 0.15) is 133 Å². The third-order valence-electron chi connectivity index (χ3n) is 13.2. The smallest absolute Gasteiger partial charge is 0.418 e. The molecule has 0 bridgehead atoms. The Morgan fingerprint density at radius 2 is 1.64 bits per heavy atom. The Kier molecular flexibility index (Phi) is 19.9. The summed E-state index contributed by atoms with van der Waals surface area (Å²) in [5.74, 6) is -1.59. The van der Waals surface area contributed by atoms with Crippen molar-refractivity contribution >= 4 is 57.0 Å². The topological polar surface area (TPSA) is 182 Å². The third kappa shape index (κ3) is 14.2. The number of ether oxygens (including phenoxy) is 4. The van der Waals surface area contributed by atoms with Crippen molar-refractivity contribution in [2.45, 2.75) is 137 Å². The number of carboxylic acid groups (broad SMARTS) is 1. The number of carbonyl (C=O) groups excluding carboxylic acids is 4. The lowest BCUT2D eigenvalue weighted by Crippen LogP contribution is -2.68. The predicted molar refractivity (Wildman–Crippen MR) is 262 cm³/mol. The molecule has 3 aromatic rings. The Balaban J connectivity index is 0.000000495. The summed E-state index contributed by atoms with van der Waals surface area (Å²) in [4.78, 5) is 70.0. The van der Waals surface area contributed by atoms with Gasteiger partial charge in [0.15, 0.2) is 0 Å². The van der Waals surface area contributed by atoms with Crippen LogP contribution in [0.5, 0.6) is 11.5 Å². The SMILES string of the molecule is CC1(C)CCOC1=O.CCC[C@H]1N(C(=O)c2ncccc2C(F)(F)F)CCC[C@@]1(Oc1csc(C)c1)C(=O)N1CCC(O)(c2ccccc2OCCC(C)(C)C(=O)O)CC1.COC(=O)C(C)(C)CCBr. The monoisotopic (exact) mass is 1070 g/mol. The Labute approximate surface area is 421 Å². The van der Waals surface area contributed by atoms with Crippen LogP contribution in [0.25, 0.3) is 0 Å². The number of amides is 2. The molecule has 388 valence electrons. The summed E-state index contributed by atoms with van der Waals surface area (Å²) < 4.78 is 64.1. The zero-order valence-corrected chi connectivity index (χ0v) is 44.1. The first kappa shape index (κ1) is 57.8. The van der Waals surface area contributed by atoms with Crippen LogP contribution in [0.2, 0.25) is 0 Å². The van der Waals surface area contributed by atoms with Gasteiger partial charge in [-0.15, -0.1) is 11.3 Å². The Morgan fingerprint density at radius 1 is 0.971 bits per heavy atom. The number of halogens is 4. The van der Waals surface area contributed by atoms with E-state index in [1.807, 2.05) is 41.5 Å². The minimum Gasteiger partial charge on any atom is -0.493 e. The molecule has 70 heavy (non-hydrogen) atoms. The molecule has 2 atom stereocenters. The van der Waals surface area contributed by atoms with Gasteiger partial charge in [-0.05, 0) is 118 Å². The van der Waals surface area contributed by atoms with Crippen LogP contribution in [0.4, 0.5) is 13.2 Å². The highest BCUT2D eigenvalue weighted by atomic mass is 79.9. The number of aromatic nitrogens is 1. The summed E-state index contributed by atoms with van der Waals surface area (Å²) in [6.45, 7) is 15.7. The summed E-state index contributed by atoms with van der Waals surface area (Å²) in [6.07, 6.45) is -0.0984. The maximum absolute atomic E-state index is 14.9. The number of carboxylic acids is 1. The van der Waals surface area contributed by atoms with Gasteiger partial charge in [-0.3, -0.25) is 29.0 Å². The molecule has 0 unspecified atom stereocenters. The van der Waals surface area contributed by atoms with Gasteiger partial charge in [0, 0.05) is 53.4 Å². The van der Waals surface area contributed by atoms with Crippen molar-refractivity contribution in [2.75, 3.05) is 45.3 Å². The lowest BCUT2D eigenvalue weighted by Gasteiger charge is -2.51. The molecule has 14 nitrogen and oxygen atoms in total. The average molecular weight is 1070 g/mol. The second-order valence-corrected chi connectivity index (χ2v) is 21.8. The number of esters is 2. The summed E-state index contributed by atoms with van der Waals surface area (Å²) >= 11 is 4.70. The molecule has 2 N–H and O–H groups in total. The Hall–Kier alpha value is -4.75. The molecule has 19 heteroatoms. The number of aliphatic hydroxyl groups is 1. The van der Waals surface area contributed by atoms with E-state index in [2.05, 4.69) is 25.7 Å². The number of thiophene rings is 1. The van der Waals surface area contributed by atoms with Crippen molar-refractivity contribution in [3.8, 4) is 11.5 Å². The molecule has 1 aromatic carbocycles. The van der Waals surface area contributed by atoms with Crippen molar-refractivity contribution in [1.29, 1.82) is 0 Å². The van der Waals surface area contributed by atoms with E-state index in [0.717, 1.165) is 41.4 Å². The zero-order valence-electron chi connectivity index (χ0n) is 41.7. The van der Waals surface area contributed by atoms with E-state index in [1.165, 1.54) is 23.3 Å². The van der Waals surface area contributed by atoms with Gasteiger partial charge in [0.05, 0.1) is 53.8 Å². The number of alkyl halides is 4. The molecule has 0 saturated carbocycles. The quantitative estimate of drug-likeness (QED) is 0.109. The number of carbonyl (C=O) groups is 5. The summed E-state index contributed by atoms with van der Waals surface area (Å²) in [7, 11) is 1.41. The number of nitrogens with zero attached hydrogens (tertiary/aromatic N) is 3. The molecule has 3 saturated heterocycles. The highest BCUT2D eigenvalue weighted by Gasteiger charge is 2.56. The van der Waals surface area contributed by atoms with Crippen LogP contribution in [0.3, 0.4) is 0 Å². The number of methoxy groups -OCH3 is 1. The molecule has 0 spiro atoms. The Bertz CT molecular complexity index is 2280. The maximum atomic E-state index is 14.9. The molecule has 5 heterocycles. The van der Waals surface area contributed by atoms with Gasteiger partial charge < -0.3 is 39.0 Å². The van der Waals surface area contributed by atoms with Gasteiger partial charge in [-0.1, -0.05) is 47.5 Å². The number of aliphatic carboxylic acids is 1. The van der Waals surface area contributed by atoms with E-state index in [-0.39, 0.29) is 81.1 Å². The first-order chi connectivity index (χ1) is 32.7. The van der Waals surface area contributed by atoms with E-state index in [4.69, 9.17) is 14.2 Å². The van der Waals surface area contributed by atoms with Gasteiger partial charge in [-0.25, -0.2) is 0 Å². The molecule has 6 rings (SSSR count). The fraction of sp³-hybridized carbons (Fsp3) is 0.608. The number of pyridine rings is 1. The fourth-order valence-corrected chi connectivity index (χ4v) is 10.0. The van der Waals surface area contributed by atoms with Crippen LogP contribution in [0.15, 0.2) is 54.0 Å². The van der Waals surface area contributed by atoms with E-state index >= 15 is 0 Å². The van der Waals surface area contributed by atoms with Crippen molar-refractivity contribution in [1.82, 2.24) is 14.8 Å². The lowest BCUT2D eigenvalue weighted by molar-refractivity contribution is -0.163. The molecule has 3 aliphatic heterocycles. The van der Waals surface area contributed by atoms with Crippen molar-refractivity contribution < 1.29 is 66.3 Å². The van der Waals surface area contributed by atoms with Gasteiger partial charge >= 0.3 is 24.1 Å². The van der Waals surface area contributed by atoms with Crippen LogP contribution in [0, 0.1) is 23.2 Å². The number of hydrogen-bond acceptors (Lipinski definition) is 12. The van der Waals surface area contributed by atoms with Gasteiger partial charge in [-0.2, -0.15) is 13.2 Å². The first-order valence-electron chi connectivity index (χ1n) is 23.6. The first-order valence-corrected chi connectivity index (χ1v) is 25.6. The molecule has 3 aliphatic rings. The number of benzene rings is 1. The van der Waals surface area contributed by atoms with Gasteiger partial charge in [0.1, 0.15) is 17.2 Å². The van der Waals surface area contributed by atoms with Crippen LogP contribution < -0.4 is 9.47 Å². The van der Waals surface area contributed by atoms with E-state index in [9.17, 15) is 47.4 Å². The van der Waals surface area contributed by atoms with Crippen molar-refractivity contribution in [2.24, 2.45) is 16.2 Å². The number of likely N-dealkylation sites (tertiary alicyclic amines) is 2. The van der Waals surface area contributed by atoms with Crippen LogP contribution >= 0.6 is 27.3 Å². The number of aryl methyl sites for hydroxylation is 1. The summed E-state index contributed by atoms with van der Waals surface area (Å²) in [5, 5.41) is 24.0. The van der Waals surface area contributed by atoms with E-state index in [1.54, 1.807) is 54.5 Å².